The molecule has 2 unspecified atom stereocenters. The number of carboxylic acid groups (broad SMARTS) is 1. The summed E-state index contributed by atoms with van der Waals surface area (Å²) in [7, 11) is 0. The standard InChI is InChI=1S/C16H22N4O6/c1-9(17)15(25)20-12(6-10-2-4-11(21)5-3-10)16(26)19-7-13(22)18-8-14(23)24/h2-5,9,12,21H,6-8,17H2,1H3,(H,18,22)(H,19,26)(H,20,25)(H,23,24). The summed E-state index contributed by atoms with van der Waals surface area (Å²) in [5, 5.41) is 24.7. The van der Waals surface area contributed by atoms with E-state index in [0.717, 1.165) is 0 Å². The topological polar surface area (TPSA) is 171 Å². The number of rotatable bonds is 9. The Morgan fingerprint density at radius 2 is 1.65 bits per heavy atom. The molecule has 0 spiro atoms. The Hall–Kier alpha value is -3.14. The summed E-state index contributed by atoms with van der Waals surface area (Å²) in [6, 6.07) is 4.24. The van der Waals surface area contributed by atoms with Crippen LogP contribution in [-0.4, -0.2) is 59.1 Å². The van der Waals surface area contributed by atoms with Gasteiger partial charge in [-0.15, -0.1) is 0 Å². The maximum atomic E-state index is 12.3. The van der Waals surface area contributed by atoms with Crippen LogP contribution >= 0.6 is 0 Å². The molecule has 26 heavy (non-hydrogen) atoms. The molecule has 0 saturated carbocycles. The van der Waals surface area contributed by atoms with Gasteiger partial charge in [0.15, 0.2) is 0 Å². The van der Waals surface area contributed by atoms with Crippen LogP contribution in [0.15, 0.2) is 24.3 Å². The van der Waals surface area contributed by atoms with E-state index in [0.29, 0.717) is 5.56 Å². The van der Waals surface area contributed by atoms with Crippen LogP contribution in [0.4, 0.5) is 0 Å². The van der Waals surface area contributed by atoms with Crippen LogP contribution in [-0.2, 0) is 25.6 Å². The average molecular weight is 366 g/mol. The predicted molar refractivity (Wildman–Crippen MR) is 91.0 cm³/mol. The fraction of sp³-hybridized carbons (Fsp3) is 0.375. The summed E-state index contributed by atoms with van der Waals surface area (Å²) in [6.07, 6.45) is 0.112. The molecule has 3 amide bonds. The van der Waals surface area contributed by atoms with Gasteiger partial charge in [-0.05, 0) is 24.6 Å². The second-order valence-corrected chi connectivity index (χ2v) is 5.61. The number of nitrogens with one attached hydrogen (secondary N) is 3. The van der Waals surface area contributed by atoms with Crippen molar-refractivity contribution in [3.8, 4) is 5.75 Å². The number of nitrogens with two attached hydrogens (primary N) is 1. The van der Waals surface area contributed by atoms with Crippen molar-refractivity contribution in [2.75, 3.05) is 13.1 Å². The van der Waals surface area contributed by atoms with E-state index in [4.69, 9.17) is 10.8 Å². The van der Waals surface area contributed by atoms with Crippen LogP contribution in [0.3, 0.4) is 0 Å². The zero-order valence-electron chi connectivity index (χ0n) is 14.2. The van der Waals surface area contributed by atoms with Gasteiger partial charge in [0.1, 0.15) is 18.3 Å². The first-order chi connectivity index (χ1) is 12.2. The van der Waals surface area contributed by atoms with Gasteiger partial charge in [0.2, 0.25) is 17.7 Å². The lowest BCUT2D eigenvalue weighted by molar-refractivity contribution is -0.138. The lowest BCUT2D eigenvalue weighted by Crippen LogP contribution is -2.53. The molecule has 0 bridgehead atoms. The Balaban J connectivity index is 2.71. The second kappa shape index (κ2) is 9.99. The molecule has 2 atom stereocenters. The number of amides is 3. The summed E-state index contributed by atoms with van der Waals surface area (Å²) >= 11 is 0. The third-order valence-corrected chi connectivity index (χ3v) is 3.28. The molecule has 10 heteroatoms. The summed E-state index contributed by atoms with van der Waals surface area (Å²) in [5.74, 6) is -3.00. The minimum Gasteiger partial charge on any atom is -0.508 e. The lowest BCUT2D eigenvalue weighted by atomic mass is 10.0. The quantitative estimate of drug-likeness (QED) is 0.296. The average Bonchev–Trinajstić information content (AvgIpc) is 2.58. The van der Waals surface area contributed by atoms with Crippen LogP contribution in [0.25, 0.3) is 0 Å². The highest BCUT2D eigenvalue weighted by atomic mass is 16.4. The summed E-state index contributed by atoms with van der Waals surface area (Å²) in [5.41, 5.74) is 6.16. The summed E-state index contributed by atoms with van der Waals surface area (Å²) in [6.45, 7) is 0.462. The van der Waals surface area contributed by atoms with Gasteiger partial charge in [-0.1, -0.05) is 12.1 Å². The third-order valence-electron chi connectivity index (χ3n) is 3.28. The van der Waals surface area contributed by atoms with Gasteiger partial charge in [-0.2, -0.15) is 0 Å². The SMILES string of the molecule is CC(N)C(=O)NC(Cc1ccc(O)cc1)C(=O)NCC(=O)NCC(=O)O. The van der Waals surface area contributed by atoms with E-state index in [2.05, 4.69) is 16.0 Å². The minimum atomic E-state index is -1.21. The van der Waals surface area contributed by atoms with E-state index in [-0.39, 0.29) is 12.2 Å². The molecule has 1 aromatic rings. The van der Waals surface area contributed by atoms with Crippen molar-refractivity contribution in [3.63, 3.8) is 0 Å². The molecule has 0 aliphatic heterocycles. The fourth-order valence-electron chi connectivity index (χ4n) is 1.91. The monoisotopic (exact) mass is 366 g/mol. The molecule has 7 N–H and O–H groups in total. The fourth-order valence-corrected chi connectivity index (χ4v) is 1.91. The Morgan fingerprint density at radius 3 is 2.19 bits per heavy atom. The number of hydrogen-bond acceptors (Lipinski definition) is 6. The highest BCUT2D eigenvalue weighted by molar-refractivity contribution is 5.92. The minimum absolute atomic E-state index is 0.0597. The van der Waals surface area contributed by atoms with Crippen molar-refractivity contribution < 1.29 is 29.4 Å². The van der Waals surface area contributed by atoms with Crippen molar-refractivity contribution >= 4 is 23.7 Å². The number of hydrogen-bond donors (Lipinski definition) is 6. The van der Waals surface area contributed by atoms with Crippen molar-refractivity contribution in [2.45, 2.75) is 25.4 Å². The maximum absolute atomic E-state index is 12.3. The van der Waals surface area contributed by atoms with E-state index in [1.165, 1.54) is 19.1 Å². The van der Waals surface area contributed by atoms with Crippen molar-refractivity contribution in [1.82, 2.24) is 16.0 Å². The Bertz CT molecular complexity index is 659. The summed E-state index contributed by atoms with van der Waals surface area (Å²) < 4.78 is 0. The number of aliphatic carboxylic acids is 1. The molecular formula is C16H22N4O6. The zero-order chi connectivity index (χ0) is 19.7. The smallest absolute Gasteiger partial charge is 0.322 e. The van der Waals surface area contributed by atoms with Gasteiger partial charge < -0.3 is 31.9 Å². The number of aromatic hydroxyl groups is 1. The number of phenolic OH excluding ortho intramolecular Hbond substituents is 1. The van der Waals surface area contributed by atoms with E-state index in [1.54, 1.807) is 12.1 Å². The Morgan fingerprint density at radius 1 is 1.04 bits per heavy atom. The van der Waals surface area contributed by atoms with Crippen LogP contribution in [0.5, 0.6) is 5.75 Å². The van der Waals surface area contributed by atoms with Gasteiger partial charge in [-0.3, -0.25) is 19.2 Å². The molecule has 142 valence electrons. The van der Waals surface area contributed by atoms with Crippen LogP contribution in [0, 0.1) is 0 Å². The maximum Gasteiger partial charge on any atom is 0.322 e. The highest BCUT2D eigenvalue weighted by Gasteiger charge is 2.23. The van der Waals surface area contributed by atoms with Crippen molar-refractivity contribution in [2.24, 2.45) is 5.73 Å². The largest absolute Gasteiger partial charge is 0.508 e. The molecule has 0 aromatic heterocycles. The molecule has 1 rings (SSSR count). The first-order valence-electron chi connectivity index (χ1n) is 7.79. The molecule has 10 nitrogen and oxygen atoms in total. The number of benzene rings is 1. The number of carbonyl (C=O) groups is 4. The number of phenols is 1. The molecular weight excluding hydrogens is 344 g/mol. The van der Waals surface area contributed by atoms with Crippen LogP contribution in [0.1, 0.15) is 12.5 Å². The van der Waals surface area contributed by atoms with E-state index >= 15 is 0 Å². The first-order valence-corrected chi connectivity index (χ1v) is 7.79. The van der Waals surface area contributed by atoms with Gasteiger partial charge in [-0.25, -0.2) is 0 Å². The third kappa shape index (κ3) is 7.62. The normalized spacial score (nSPS) is 12.5. The van der Waals surface area contributed by atoms with Crippen molar-refractivity contribution in [3.05, 3.63) is 29.8 Å². The number of carbonyl (C=O) groups excluding carboxylic acids is 3. The highest BCUT2D eigenvalue weighted by Crippen LogP contribution is 2.11. The Labute approximate surface area is 149 Å². The number of carboxylic acids is 1. The first kappa shape index (κ1) is 20.9. The van der Waals surface area contributed by atoms with Crippen molar-refractivity contribution in [1.29, 1.82) is 0 Å². The molecule has 0 heterocycles. The van der Waals surface area contributed by atoms with Gasteiger partial charge >= 0.3 is 5.97 Å². The van der Waals surface area contributed by atoms with E-state index in [9.17, 15) is 24.3 Å². The van der Waals surface area contributed by atoms with Gasteiger partial charge in [0, 0.05) is 6.42 Å². The molecule has 1 aromatic carbocycles. The summed E-state index contributed by atoms with van der Waals surface area (Å²) in [4.78, 5) is 46.0. The molecule has 0 aliphatic carbocycles. The molecule has 0 radical (unpaired) electrons. The van der Waals surface area contributed by atoms with Gasteiger partial charge in [0.25, 0.3) is 0 Å². The van der Waals surface area contributed by atoms with Gasteiger partial charge in [0.05, 0.1) is 12.6 Å². The van der Waals surface area contributed by atoms with E-state index < -0.39 is 48.9 Å². The predicted octanol–water partition coefficient (Wildman–Crippen LogP) is -1.92. The van der Waals surface area contributed by atoms with Crippen LogP contribution < -0.4 is 21.7 Å². The Kier molecular flexibility index (Phi) is 8.03. The zero-order valence-corrected chi connectivity index (χ0v) is 14.2. The lowest BCUT2D eigenvalue weighted by Gasteiger charge is -2.19. The van der Waals surface area contributed by atoms with E-state index in [1.807, 2.05) is 0 Å². The molecule has 0 aliphatic rings. The molecule has 0 saturated heterocycles. The van der Waals surface area contributed by atoms with Crippen LogP contribution in [0.2, 0.25) is 0 Å². The second-order valence-electron chi connectivity index (χ2n) is 5.61. The molecule has 0 fully saturated rings.